The van der Waals surface area contributed by atoms with Crippen molar-refractivity contribution in [2.24, 2.45) is 5.73 Å². The molecule has 0 aliphatic carbocycles. The van der Waals surface area contributed by atoms with E-state index in [4.69, 9.17) is 10.2 Å². The predicted octanol–water partition coefficient (Wildman–Crippen LogP) is 6.94. The van der Waals surface area contributed by atoms with Gasteiger partial charge in [-0.3, -0.25) is 9.59 Å². The van der Waals surface area contributed by atoms with E-state index in [1.165, 1.54) is 0 Å². The fraction of sp³-hybridized carbons (Fsp3) is 0.152. The van der Waals surface area contributed by atoms with Crippen molar-refractivity contribution in [3.05, 3.63) is 135 Å². The Kier molecular flexibility index (Phi) is 6.84. The Morgan fingerprint density at radius 1 is 0.921 bits per heavy atom. The summed E-state index contributed by atoms with van der Waals surface area (Å²) in [4.78, 5) is 25.9. The van der Waals surface area contributed by atoms with E-state index >= 15 is 0 Å². The van der Waals surface area contributed by atoms with Crippen LogP contribution in [0.25, 0.3) is 22.3 Å². The maximum absolute atomic E-state index is 13.5. The lowest BCUT2D eigenvalue weighted by molar-refractivity contribution is 0.100. The summed E-state index contributed by atoms with van der Waals surface area (Å²) in [7, 11) is 0. The third kappa shape index (κ3) is 4.83. The Labute approximate surface area is 221 Å². The second-order valence-electron chi connectivity index (χ2n) is 9.71. The van der Waals surface area contributed by atoms with Gasteiger partial charge in [-0.15, -0.1) is 0 Å². The van der Waals surface area contributed by atoms with Gasteiger partial charge in [0.1, 0.15) is 11.3 Å². The number of para-hydroxylation sites is 1. The van der Waals surface area contributed by atoms with E-state index in [0.29, 0.717) is 40.0 Å². The second kappa shape index (κ2) is 10.4. The fourth-order valence-corrected chi connectivity index (χ4v) is 4.99. The Hall–Kier alpha value is -4.64. The predicted molar refractivity (Wildman–Crippen MR) is 154 cm³/mol. The van der Waals surface area contributed by atoms with Crippen LogP contribution in [-0.4, -0.2) is 5.91 Å². The third-order valence-corrected chi connectivity index (χ3v) is 6.91. The molecule has 1 unspecified atom stereocenters. The zero-order chi connectivity index (χ0) is 26.8. The standard InChI is InChI=1S/C33H30N2O3/c1-20-17-27(32-28(18-20)30(36)21(2)31(38-32)24-13-8-5-9-14-24)22(3)35-29-25(15-10-16-26(29)33(34)37)19-23-11-6-4-7-12-23/h4-18,22,35H,19H2,1-3H3,(H2,34,37). The summed E-state index contributed by atoms with van der Waals surface area (Å²) in [6.07, 6.45) is 0.637. The molecule has 190 valence electrons. The highest BCUT2D eigenvalue weighted by Gasteiger charge is 2.21. The Morgan fingerprint density at radius 2 is 1.61 bits per heavy atom. The van der Waals surface area contributed by atoms with Gasteiger partial charge < -0.3 is 15.5 Å². The minimum absolute atomic E-state index is 0.0513. The van der Waals surface area contributed by atoms with E-state index in [2.05, 4.69) is 17.4 Å². The van der Waals surface area contributed by atoms with Crippen LogP contribution in [0.15, 0.2) is 100 Å². The minimum Gasteiger partial charge on any atom is -0.455 e. The van der Waals surface area contributed by atoms with Crippen LogP contribution in [-0.2, 0) is 6.42 Å². The first-order valence-corrected chi connectivity index (χ1v) is 12.7. The highest BCUT2D eigenvalue weighted by Crippen LogP contribution is 2.34. The number of carbonyl (C=O) groups excluding carboxylic acids is 1. The van der Waals surface area contributed by atoms with Crippen LogP contribution >= 0.6 is 0 Å². The molecule has 4 aromatic carbocycles. The van der Waals surface area contributed by atoms with Gasteiger partial charge in [0.2, 0.25) is 0 Å². The largest absolute Gasteiger partial charge is 0.455 e. The van der Waals surface area contributed by atoms with Crippen LogP contribution in [0.1, 0.15) is 51.1 Å². The van der Waals surface area contributed by atoms with Gasteiger partial charge >= 0.3 is 0 Å². The van der Waals surface area contributed by atoms with Crippen molar-refractivity contribution in [3.8, 4) is 11.3 Å². The van der Waals surface area contributed by atoms with E-state index in [9.17, 15) is 9.59 Å². The topological polar surface area (TPSA) is 85.3 Å². The number of primary amides is 1. The lowest BCUT2D eigenvalue weighted by Crippen LogP contribution is -2.18. The number of benzene rings is 4. The lowest BCUT2D eigenvalue weighted by Gasteiger charge is -2.22. The van der Waals surface area contributed by atoms with Gasteiger partial charge in [-0.25, -0.2) is 0 Å². The molecule has 38 heavy (non-hydrogen) atoms. The summed E-state index contributed by atoms with van der Waals surface area (Å²) in [5.74, 6) is 0.0555. The molecular weight excluding hydrogens is 472 g/mol. The second-order valence-corrected chi connectivity index (χ2v) is 9.71. The summed E-state index contributed by atoms with van der Waals surface area (Å²) >= 11 is 0. The molecule has 0 radical (unpaired) electrons. The van der Waals surface area contributed by atoms with Crippen LogP contribution in [0, 0.1) is 13.8 Å². The number of rotatable bonds is 7. The van der Waals surface area contributed by atoms with Crippen LogP contribution in [0.5, 0.6) is 0 Å². The van der Waals surface area contributed by atoms with Crippen LogP contribution < -0.4 is 16.5 Å². The summed E-state index contributed by atoms with van der Waals surface area (Å²) in [6.45, 7) is 5.77. The van der Waals surface area contributed by atoms with E-state index in [-0.39, 0.29) is 11.5 Å². The van der Waals surface area contributed by atoms with E-state index in [1.807, 2.05) is 86.6 Å². The molecule has 0 spiro atoms. The number of carbonyl (C=O) groups is 1. The minimum atomic E-state index is -0.503. The first kappa shape index (κ1) is 25.0. The molecule has 0 aliphatic rings. The van der Waals surface area contributed by atoms with Gasteiger partial charge in [0.15, 0.2) is 5.43 Å². The third-order valence-electron chi connectivity index (χ3n) is 6.91. The highest BCUT2D eigenvalue weighted by molar-refractivity contribution is 5.99. The number of hydrogen-bond acceptors (Lipinski definition) is 4. The average Bonchev–Trinajstić information content (AvgIpc) is 2.92. The molecule has 1 heterocycles. The molecule has 0 fully saturated rings. The van der Waals surface area contributed by atoms with Crippen LogP contribution in [0.4, 0.5) is 5.69 Å². The Morgan fingerprint density at radius 3 is 2.29 bits per heavy atom. The maximum Gasteiger partial charge on any atom is 0.250 e. The van der Waals surface area contributed by atoms with Crippen molar-refractivity contribution in [3.63, 3.8) is 0 Å². The molecule has 1 aromatic heterocycles. The SMILES string of the molecule is Cc1cc(C(C)Nc2c(Cc3ccccc3)cccc2C(N)=O)c2oc(-c3ccccc3)c(C)c(=O)c2c1. The molecule has 0 saturated carbocycles. The van der Waals surface area contributed by atoms with Crippen molar-refractivity contribution in [2.75, 3.05) is 5.32 Å². The van der Waals surface area contributed by atoms with Gasteiger partial charge in [0.05, 0.1) is 22.7 Å². The lowest BCUT2D eigenvalue weighted by atomic mass is 9.96. The molecule has 1 atom stereocenters. The number of amides is 1. The number of hydrogen-bond donors (Lipinski definition) is 2. The van der Waals surface area contributed by atoms with Gasteiger partial charge in [-0.1, -0.05) is 78.9 Å². The summed E-state index contributed by atoms with van der Waals surface area (Å²) < 4.78 is 6.48. The van der Waals surface area contributed by atoms with Gasteiger partial charge in [-0.2, -0.15) is 0 Å². The van der Waals surface area contributed by atoms with Gasteiger partial charge in [-0.05, 0) is 56.0 Å². The smallest absolute Gasteiger partial charge is 0.250 e. The number of nitrogens with two attached hydrogens (primary N) is 1. The number of fused-ring (bicyclic) bond motifs is 1. The normalized spacial score (nSPS) is 11.9. The molecule has 0 aliphatic heterocycles. The monoisotopic (exact) mass is 502 g/mol. The van der Waals surface area contributed by atoms with Gasteiger partial charge in [0, 0.05) is 16.7 Å². The van der Waals surface area contributed by atoms with E-state index in [1.54, 1.807) is 13.0 Å². The molecule has 0 saturated heterocycles. The summed E-state index contributed by atoms with van der Waals surface area (Å²) in [5.41, 5.74) is 12.7. The number of anilines is 1. The summed E-state index contributed by atoms with van der Waals surface area (Å²) in [5, 5.41) is 4.09. The van der Waals surface area contributed by atoms with Crippen LogP contribution in [0.2, 0.25) is 0 Å². The molecular formula is C33H30N2O3. The van der Waals surface area contributed by atoms with Crippen LogP contribution in [0.3, 0.4) is 0 Å². The summed E-state index contributed by atoms with van der Waals surface area (Å²) in [6, 6.07) is 28.9. The first-order valence-electron chi connectivity index (χ1n) is 12.7. The quantitative estimate of drug-likeness (QED) is 0.252. The highest BCUT2D eigenvalue weighted by atomic mass is 16.3. The van der Waals surface area contributed by atoms with Crippen molar-refractivity contribution in [2.45, 2.75) is 33.2 Å². The maximum atomic E-state index is 13.5. The van der Waals surface area contributed by atoms with E-state index < -0.39 is 5.91 Å². The molecule has 3 N–H and O–H groups in total. The number of aryl methyl sites for hydroxylation is 1. The molecule has 0 bridgehead atoms. The van der Waals surface area contributed by atoms with E-state index in [0.717, 1.165) is 27.8 Å². The molecule has 1 amide bonds. The van der Waals surface area contributed by atoms with Crippen molar-refractivity contribution < 1.29 is 9.21 Å². The van der Waals surface area contributed by atoms with Crippen molar-refractivity contribution >= 4 is 22.6 Å². The molecule has 5 nitrogen and oxygen atoms in total. The Bertz CT molecular complexity index is 1690. The Balaban J connectivity index is 1.64. The first-order chi connectivity index (χ1) is 18.3. The number of nitrogens with one attached hydrogen (secondary N) is 1. The molecule has 5 aromatic rings. The van der Waals surface area contributed by atoms with Crippen molar-refractivity contribution in [1.82, 2.24) is 0 Å². The molecule has 5 heteroatoms. The van der Waals surface area contributed by atoms with Gasteiger partial charge in [0.25, 0.3) is 5.91 Å². The zero-order valence-corrected chi connectivity index (χ0v) is 21.7. The average molecular weight is 503 g/mol. The molecule has 5 rings (SSSR count). The zero-order valence-electron chi connectivity index (χ0n) is 21.7. The van der Waals surface area contributed by atoms with Crippen molar-refractivity contribution in [1.29, 1.82) is 0 Å². The fourth-order valence-electron chi connectivity index (χ4n) is 4.99.